The first-order valence-electron chi connectivity index (χ1n) is 4.60. The van der Waals surface area contributed by atoms with Gasteiger partial charge in [0.1, 0.15) is 12.7 Å². The molecule has 0 aliphatic carbocycles. The Balaban J connectivity index is 2.12. The molecule has 3 heteroatoms. The highest BCUT2D eigenvalue weighted by atomic mass is 16.6. The molecule has 2 unspecified atom stereocenters. The standard InChI is InChI=1S/C10H16O3/c1-4-5-9(11)12-6-8-10(13-8)7(2)3/h4-5,7-8,10H,6H2,1-3H3. The molecule has 1 rings (SSSR count). The van der Waals surface area contributed by atoms with Gasteiger partial charge in [0.25, 0.3) is 0 Å². The second-order valence-electron chi connectivity index (χ2n) is 3.51. The van der Waals surface area contributed by atoms with E-state index in [0.29, 0.717) is 12.5 Å². The first-order valence-corrected chi connectivity index (χ1v) is 4.60. The zero-order valence-corrected chi connectivity index (χ0v) is 8.32. The normalized spacial score (nSPS) is 26.8. The lowest BCUT2D eigenvalue weighted by molar-refractivity contribution is -0.138. The van der Waals surface area contributed by atoms with Gasteiger partial charge < -0.3 is 9.47 Å². The van der Waals surface area contributed by atoms with E-state index in [1.807, 2.05) is 0 Å². The molecule has 0 aromatic heterocycles. The summed E-state index contributed by atoms with van der Waals surface area (Å²) in [5.74, 6) is 0.214. The Morgan fingerprint density at radius 3 is 2.77 bits per heavy atom. The minimum atomic E-state index is -0.291. The summed E-state index contributed by atoms with van der Waals surface area (Å²) in [4.78, 5) is 10.9. The van der Waals surface area contributed by atoms with Gasteiger partial charge in [0, 0.05) is 6.08 Å². The van der Waals surface area contributed by atoms with E-state index >= 15 is 0 Å². The first-order chi connectivity index (χ1) is 6.15. The van der Waals surface area contributed by atoms with E-state index in [-0.39, 0.29) is 18.2 Å². The number of ether oxygens (including phenoxy) is 2. The fraction of sp³-hybridized carbons (Fsp3) is 0.700. The number of hydrogen-bond donors (Lipinski definition) is 0. The van der Waals surface area contributed by atoms with Crippen molar-refractivity contribution < 1.29 is 14.3 Å². The van der Waals surface area contributed by atoms with Gasteiger partial charge in [-0.1, -0.05) is 19.9 Å². The number of hydrogen-bond acceptors (Lipinski definition) is 3. The lowest BCUT2D eigenvalue weighted by atomic mass is 10.1. The summed E-state index contributed by atoms with van der Waals surface area (Å²) < 4.78 is 10.2. The van der Waals surface area contributed by atoms with Crippen molar-refractivity contribution in [1.29, 1.82) is 0 Å². The maximum Gasteiger partial charge on any atom is 0.330 e. The highest BCUT2D eigenvalue weighted by Gasteiger charge is 2.41. The maximum atomic E-state index is 10.9. The highest BCUT2D eigenvalue weighted by Crippen LogP contribution is 2.29. The summed E-state index contributed by atoms with van der Waals surface area (Å²) in [6.45, 7) is 6.36. The molecule has 0 saturated carbocycles. The molecule has 2 atom stereocenters. The smallest absolute Gasteiger partial charge is 0.330 e. The van der Waals surface area contributed by atoms with Gasteiger partial charge in [-0.25, -0.2) is 4.79 Å². The van der Waals surface area contributed by atoms with Gasteiger partial charge in [-0.2, -0.15) is 0 Å². The Labute approximate surface area is 78.7 Å². The molecule has 0 spiro atoms. The predicted molar refractivity (Wildman–Crippen MR) is 49.3 cm³/mol. The highest BCUT2D eigenvalue weighted by molar-refractivity contribution is 5.81. The fourth-order valence-electron chi connectivity index (χ4n) is 1.23. The largest absolute Gasteiger partial charge is 0.460 e. The van der Waals surface area contributed by atoms with Crippen LogP contribution in [0, 0.1) is 5.92 Å². The number of carbonyl (C=O) groups is 1. The van der Waals surface area contributed by atoms with Gasteiger partial charge in [0.15, 0.2) is 0 Å². The Bertz CT molecular complexity index is 208. The number of esters is 1. The molecule has 0 aromatic carbocycles. The van der Waals surface area contributed by atoms with Crippen molar-refractivity contribution >= 4 is 5.97 Å². The minimum absolute atomic E-state index is 0.120. The topological polar surface area (TPSA) is 38.8 Å². The quantitative estimate of drug-likeness (QED) is 0.378. The first kappa shape index (κ1) is 10.3. The van der Waals surface area contributed by atoms with Crippen molar-refractivity contribution in [3.8, 4) is 0 Å². The average molecular weight is 184 g/mol. The molecule has 1 aliphatic heterocycles. The Kier molecular flexibility index (Phi) is 3.48. The summed E-state index contributed by atoms with van der Waals surface area (Å²) >= 11 is 0. The maximum absolute atomic E-state index is 10.9. The van der Waals surface area contributed by atoms with E-state index in [0.717, 1.165) is 0 Å². The zero-order chi connectivity index (χ0) is 9.84. The van der Waals surface area contributed by atoms with Crippen molar-refractivity contribution in [2.75, 3.05) is 6.61 Å². The third kappa shape index (κ3) is 3.19. The molecule has 0 radical (unpaired) electrons. The molecule has 0 amide bonds. The SMILES string of the molecule is CC=CC(=O)OCC1OC1C(C)C. The number of allylic oxidation sites excluding steroid dienone is 1. The predicted octanol–water partition coefficient (Wildman–Crippen LogP) is 1.53. The van der Waals surface area contributed by atoms with Crippen LogP contribution in [0.15, 0.2) is 12.2 Å². The van der Waals surface area contributed by atoms with E-state index in [2.05, 4.69) is 13.8 Å². The lowest BCUT2D eigenvalue weighted by Crippen LogP contribution is -2.11. The van der Waals surface area contributed by atoms with Crippen LogP contribution < -0.4 is 0 Å². The third-order valence-electron chi connectivity index (χ3n) is 1.97. The van der Waals surface area contributed by atoms with E-state index in [1.165, 1.54) is 6.08 Å². The van der Waals surface area contributed by atoms with Gasteiger partial charge in [-0.3, -0.25) is 0 Å². The molecule has 1 fully saturated rings. The van der Waals surface area contributed by atoms with Crippen LogP contribution in [0.5, 0.6) is 0 Å². The van der Waals surface area contributed by atoms with Crippen molar-refractivity contribution in [3.63, 3.8) is 0 Å². The van der Waals surface area contributed by atoms with Crippen LogP contribution in [0.2, 0.25) is 0 Å². The fourth-order valence-corrected chi connectivity index (χ4v) is 1.23. The van der Waals surface area contributed by atoms with Crippen LogP contribution in [-0.2, 0) is 14.3 Å². The Hall–Kier alpha value is -0.830. The van der Waals surface area contributed by atoms with Crippen molar-refractivity contribution in [2.24, 2.45) is 5.92 Å². The van der Waals surface area contributed by atoms with Crippen molar-refractivity contribution in [3.05, 3.63) is 12.2 Å². The van der Waals surface area contributed by atoms with Gasteiger partial charge in [0.05, 0.1) is 6.10 Å². The number of epoxide rings is 1. The summed E-state index contributed by atoms with van der Waals surface area (Å²) in [5, 5.41) is 0. The molecule has 1 saturated heterocycles. The molecule has 1 aliphatic rings. The molecule has 74 valence electrons. The monoisotopic (exact) mass is 184 g/mol. The van der Waals surface area contributed by atoms with Crippen LogP contribution >= 0.6 is 0 Å². The number of carbonyl (C=O) groups excluding carboxylic acids is 1. The van der Waals surface area contributed by atoms with Crippen LogP contribution in [0.25, 0.3) is 0 Å². The van der Waals surface area contributed by atoms with Gasteiger partial charge in [-0.15, -0.1) is 0 Å². The summed E-state index contributed by atoms with van der Waals surface area (Å²) in [6, 6.07) is 0. The molecule has 13 heavy (non-hydrogen) atoms. The van der Waals surface area contributed by atoms with E-state index in [4.69, 9.17) is 9.47 Å². The van der Waals surface area contributed by atoms with Crippen LogP contribution in [0.3, 0.4) is 0 Å². The summed E-state index contributed by atoms with van der Waals surface area (Å²) in [6.07, 6.45) is 3.47. The second kappa shape index (κ2) is 4.42. The summed E-state index contributed by atoms with van der Waals surface area (Å²) in [7, 11) is 0. The van der Waals surface area contributed by atoms with E-state index in [9.17, 15) is 4.79 Å². The lowest BCUT2D eigenvalue weighted by Gasteiger charge is -1.99. The van der Waals surface area contributed by atoms with Gasteiger partial charge >= 0.3 is 5.97 Å². The van der Waals surface area contributed by atoms with E-state index < -0.39 is 0 Å². The molecule has 1 heterocycles. The van der Waals surface area contributed by atoms with Crippen LogP contribution in [0.1, 0.15) is 20.8 Å². The molecule has 3 nitrogen and oxygen atoms in total. The second-order valence-corrected chi connectivity index (χ2v) is 3.51. The van der Waals surface area contributed by atoms with Gasteiger partial charge in [0.2, 0.25) is 0 Å². The Morgan fingerprint density at radius 1 is 1.62 bits per heavy atom. The van der Waals surface area contributed by atoms with Crippen molar-refractivity contribution in [1.82, 2.24) is 0 Å². The third-order valence-corrected chi connectivity index (χ3v) is 1.97. The Morgan fingerprint density at radius 2 is 2.31 bits per heavy atom. The van der Waals surface area contributed by atoms with Crippen LogP contribution in [-0.4, -0.2) is 24.8 Å². The zero-order valence-electron chi connectivity index (χ0n) is 8.32. The molecular weight excluding hydrogens is 168 g/mol. The molecular formula is C10H16O3. The summed E-state index contributed by atoms with van der Waals surface area (Å²) in [5.41, 5.74) is 0. The molecule has 0 bridgehead atoms. The van der Waals surface area contributed by atoms with Crippen LogP contribution in [0.4, 0.5) is 0 Å². The average Bonchev–Trinajstić information content (AvgIpc) is 2.80. The molecule has 0 aromatic rings. The van der Waals surface area contributed by atoms with Gasteiger partial charge in [-0.05, 0) is 12.8 Å². The van der Waals surface area contributed by atoms with E-state index in [1.54, 1.807) is 13.0 Å². The molecule has 0 N–H and O–H groups in total. The minimum Gasteiger partial charge on any atom is -0.460 e. The number of rotatable bonds is 4. The van der Waals surface area contributed by atoms with Crippen molar-refractivity contribution in [2.45, 2.75) is 33.0 Å².